The maximum Gasteiger partial charge on any atom is 0.332 e. The number of imide groups is 1. The van der Waals surface area contributed by atoms with Crippen LogP contribution in [0.2, 0.25) is 0 Å². The monoisotopic (exact) mass is 416 g/mol. The van der Waals surface area contributed by atoms with Crippen LogP contribution in [-0.2, 0) is 4.79 Å². The maximum atomic E-state index is 13.4. The predicted molar refractivity (Wildman–Crippen MR) is 113 cm³/mol. The van der Waals surface area contributed by atoms with E-state index in [4.69, 9.17) is 18.6 Å². The van der Waals surface area contributed by atoms with E-state index in [0.29, 0.717) is 41.1 Å². The molecular weight excluding hydrogens is 400 g/mol. The molecule has 3 saturated heterocycles. The molecule has 3 atom stereocenters. The number of urea groups is 1. The number of carbonyl (C=O) groups is 2. The van der Waals surface area contributed by atoms with Gasteiger partial charge in [0.1, 0.15) is 17.8 Å². The van der Waals surface area contributed by atoms with E-state index in [1.165, 1.54) is 11.1 Å². The van der Waals surface area contributed by atoms with Gasteiger partial charge in [0.15, 0.2) is 5.11 Å². The number of terminal acetylenes is 1. The van der Waals surface area contributed by atoms with Gasteiger partial charge < -0.3 is 15.1 Å². The molecule has 30 heavy (non-hydrogen) atoms. The van der Waals surface area contributed by atoms with Crippen molar-refractivity contribution in [2.45, 2.75) is 24.5 Å². The topological polar surface area (TPSA) is 92.6 Å². The Morgan fingerprint density at radius 2 is 2.10 bits per heavy atom. The van der Waals surface area contributed by atoms with E-state index in [1.807, 2.05) is 4.90 Å². The summed E-state index contributed by atoms with van der Waals surface area (Å²) < 4.78 is 0. The molecule has 5 rings (SSSR count). The summed E-state index contributed by atoms with van der Waals surface area (Å²) in [4.78, 5) is 35.7. The Bertz CT molecular complexity index is 1200. The molecule has 4 heterocycles. The van der Waals surface area contributed by atoms with Crippen LogP contribution in [0.4, 0.5) is 10.5 Å². The van der Waals surface area contributed by atoms with Crippen molar-refractivity contribution in [2.75, 3.05) is 18.0 Å². The smallest absolute Gasteiger partial charge is 0.332 e. The molecule has 0 saturated carbocycles. The number of nitrogens with one attached hydrogen (secondary N) is 1. The zero-order chi connectivity index (χ0) is 21.0. The predicted octanol–water partition coefficient (Wildman–Crippen LogP) is 1.21. The van der Waals surface area contributed by atoms with Crippen LogP contribution < -0.4 is 10.2 Å². The molecule has 1 N–H and O–H groups in total. The first kappa shape index (κ1) is 18.3. The van der Waals surface area contributed by atoms with Crippen molar-refractivity contribution in [1.82, 2.24) is 20.1 Å². The number of piperazine rings is 1. The van der Waals surface area contributed by atoms with Gasteiger partial charge in [-0.2, -0.15) is 5.26 Å². The molecule has 0 aliphatic carbocycles. The third-order valence-electron chi connectivity index (χ3n) is 5.99. The Labute approximate surface area is 178 Å². The summed E-state index contributed by atoms with van der Waals surface area (Å²) in [5.74, 6) is 2.19. The molecule has 9 heteroatoms. The average molecular weight is 416 g/mol. The summed E-state index contributed by atoms with van der Waals surface area (Å²) in [5.41, 5.74) is 0.651. The highest BCUT2D eigenvalue weighted by molar-refractivity contribution is 7.80. The largest absolute Gasteiger partial charge is 0.352 e. The van der Waals surface area contributed by atoms with Crippen molar-refractivity contribution in [3.05, 3.63) is 36.2 Å². The third kappa shape index (κ3) is 2.39. The molecule has 1 aromatic heterocycles. The number of hydrogen-bond donors (Lipinski definition) is 1. The molecule has 3 amide bonds. The SMILES string of the molecule is C#CCNC(=S)N1C[C@H]2CC1C1C(=O)N(c3cnc(C#N)c4ccccc34)C(=O)N12. The molecule has 3 aliphatic rings. The number of benzene rings is 1. The lowest BCUT2D eigenvalue weighted by Crippen LogP contribution is -2.56. The minimum atomic E-state index is -0.601. The molecule has 2 unspecified atom stereocenters. The van der Waals surface area contributed by atoms with Crippen LogP contribution in [0.1, 0.15) is 12.1 Å². The lowest BCUT2D eigenvalue weighted by molar-refractivity contribution is -0.120. The second-order valence-electron chi connectivity index (χ2n) is 7.43. The number of likely N-dealkylation sites (tertiary alicyclic amines) is 1. The molecule has 0 spiro atoms. The third-order valence-corrected chi connectivity index (χ3v) is 6.37. The summed E-state index contributed by atoms with van der Waals surface area (Å²) >= 11 is 5.44. The second-order valence-corrected chi connectivity index (χ2v) is 7.82. The number of nitrogens with zero attached hydrogens (tertiary/aromatic N) is 5. The maximum absolute atomic E-state index is 13.4. The first-order chi connectivity index (χ1) is 14.6. The van der Waals surface area contributed by atoms with Crippen molar-refractivity contribution in [2.24, 2.45) is 0 Å². The van der Waals surface area contributed by atoms with E-state index in [0.717, 1.165) is 0 Å². The zero-order valence-corrected chi connectivity index (χ0v) is 16.6. The number of fused-ring (bicyclic) bond motifs is 6. The Hall–Kier alpha value is -3.69. The number of aromatic nitrogens is 1. The van der Waals surface area contributed by atoms with Gasteiger partial charge >= 0.3 is 6.03 Å². The summed E-state index contributed by atoms with van der Waals surface area (Å²) in [6, 6.07) is 7.98. The van der Waals surface area contributed by atoms with E-state index in [2.05, 4.69) is 22.3 Å². The van der Waals surface area contributed by atoms with Crippen LogP contribution in [0, 0.1) is 23.7 Å². The lowest BCUT2D eigenvalue weighted by atomic mass is 10.1. The summed E-state index contributed by atoms with van der Waals surface area (Å²) in [5, 5.41) is 14.1. The van der Waals surface area contributed by atoms with Crippen LogP contribution in [0.25, 0.3) is 10.8 Å². The zero-order valence-electron chi connectivity index (χ0n) is 15.8. The molecule has 1 aromatic carbocycles. The fourth-order valence-corrected chi connectivity index (χ4v) is 5.07. The first-order valence-corrected chi connectivity index (χ1v) is 9.89. The van der Waals surface area contributed by atoms with Gasteiger partial charge in [-0.25, -0.2) is 14.7 Å². The molecular formula is C21H16N6O2S. The van der Waals surface area contributed by atoms with Crippen LogP contribution >= 0.6 is 12.2 Å². The summed E-state index contributed by atoms with van der Waals surface area (Å²) in [6.07, 6.45) is 7.42. The van der Waals surface area contributed by atoms with Crippen molar-refractivity contribution in [3.63, 3.8) is 0 Å². The number of rotatable bonds is 2. The van der Waals surface area contributed by atoms with Gasteiger partial charge in [-0.05, 0) is 18.6 Å². The second kappa shape index (κ2) is 6.68. The number of amides is 3. The first-order valence-electron chi connectivity index (χ1n) is 9.49. The minimum Gasteiger partial charge on any atom is -0.352 e. The fraction of sp³-hybridized carbons (Fsp3) is 0.286. The Morgan fingerprint density at radius 1 is 1.33 bits per heavy atom. The van der Waals surface area contributed by atoms with Gasteiger partial charge in [0.25, 0.3) is 5.91 Å². The molecule has 2 aromatic rings. The van der Waals surface area contributed by atoms with Crippen molar-refractivity contribution >= 4 is 45.7 Å². The number of pyridine rings is 1. The number of hydrogen-bond acceptors (Lipinski definition) is 5. The minimum absolute atomic E-state index is 0.0929. The van der Waals surface area contributed by atoms with E-state index in [-0.39, 0.29) is 29.7 Å². The van der Waals surface area contributed by atoms with E-state index < -0.39 is 6.04 Å². The van der Waals surface area contributed by atoms with E-state index >= 15 is 0 Å². The highest BCUT2D eigenvalue weighted by Gasteiger charge is 2.62. The molecule has 2 bridgehead atoms. The number of carbonyl (C=O) groups excluding carboxylic acids is 2. The van der Waals surface area contributed by atoms with Gasteiger partial charge in [0.2, 0.25) is 0 Å². The van der Waals surface area contributed by atoms with Crippen LogP contribution in [0.3, 0.4) is 0 Å². The summed E-state index contributed by atoms with van der Waals surface area (Å²) in [6.45, 7) is 0.875. The van der Waals surface area contributed by atoms with Gasteiger partial charge in [-0.15, -0.1) is 6.42 Å². The van der Waals surface area contributed by atoms with Gasteiger partial charge in [0.05, 0.1) is 30.5 Å². The number of thiocarbonyl (C=S) groups is 1. The molecule has 0 radical (unpaired) electrons. The lowest BCUT2D eigenvalue weighted by Gasteiger charge is -2.36. The van der Waals surface area contributed by atoms with Gasteiger partial charge in [0, 0.05) is 17.3 Å². The van der Waals surface area contributed by atoms with Crippen molar-refractivity contribution in [1.29, 1.82) is 5.26 Å². The molecule has 3 fully saturated rings. The van der Waals surface area contributed by atoms with E-state index in [1.54, 1.807) is 29.2 Å². The Kier molecular flexibility index (Phi) is 4.09. The Balaban J connectivity index is 1.52. The molecule has 3 aliphatic heterocycles. The van der Waals surface area contributed by atoms with Gasteiger partial charge in [-0.3, -0.25) is 4.79 Å². The Morgan fingerprint density at radius 3 is 2.83 bits per heavy atom. The van der Waals surface area contributed by atoms with Crippen LogP contribution in [-0.4, -0.2) is 63.0 Å². The fourth-order valence-electron chi connectivity index (χ4n) is 4.79. The normalized spacial score (nSPS) is 24.2. The van der Waals surface area contributed by atoms with E-state index in [9.17, 15) is 14.9 Å². The number of anilines is 1. The molecule has 8 nitrogen and oxygen atoms in total. The van der Waals surface area contributed by atoms with Crippen molar-refractivity contribution in [3.8, 4) is 18.4 Å². The average Bonchev–Trinajstić information content (AvgIpc) is 3.43. The highest BCUT2D eigenvalue weighted by atomic mass is 32.1. The molecule has 148 valence electrons. The quantitative estimate of drug-likeness (QED) is 0.447. The van der Waals surface area contributed by atoms with Crippen molar-refractivity contribution < 1.29 is 9.59 Å². The van der Waals surface area contributed by atoms with Gasteiger partial charge in [-0.1, -0.05) is 30.2 Å². The summed E-state index contributed by atoms with van der Waals surface area (Å²) in [7, 11) is 0. The van der Waals surface area contributed by atoms with Crippen LogP contribution in [0.15, 0.2) is 30.5 Å². The standard InChI is InChI=1S/C21H16N6O2S/c1-2-7-23-20(30)25-11-12-8-16(25)18-19(28)27(21(29)26(12)18)17-10-24-15(9-22)13-5-3-4-6-14(13)17/h1,3-6,10,12,16,18H,7-8,11H2,(H,23,30)/t12-,16?,18?/m1/s1. The van der Waals surface area contributed by atoms with Crippen LogP contribution in [0.5, 0.6) is 0 Å². The number of nitriles is 1. The highest BCUT2D eigenvalue weighted by Crippen LogP contribution is 2.43.